The molecule has 3 N–H and O–H groups in total. The van der Waals surface area contributed by atoms with E-state index >= 15 is 0 Å². The minimum atomic E-state index is -3.31. The Morgan fingerprint density at radius 3 is 2.47 bits per heavy atom. The maximum Gasteiger partial charge on any atom is 0.209 e. The van der Waals surface area contributed by atoms with Crippen molar-refractivity contribution in [1.29, 1.82) is 0 Å². The van der Waals surface area contributed by atoms with Gasteiger partial charge >= 0.3 is 0 Å². The topological polar surface area (TPSA) is 72.2 Å². The standard InChI is InChI=1S/C13H19BrN2O2S/c14-12-4-2-10(3-5-12)11-8-13(9-11)16-6-1-7-19(15,17)18/h2-5,11,13,16H,1,6-9H2,(H2,15,17,18). The van der Waals surface area contributed by atoms with Gasteiger partial charge in [0.2, 0.25) is 10.0 Å². The molecule has 0 heterocycles. The fraction of sp³-hybridized carbons (Fsp3) is 0.538. The molecule has 1 aliphatic rings. The molecular formula is C13H19BrN2O2S. The fourth-order valence-corrected chi connectivity index (χ4v) is 3.18. The minimum Gasteiger partial charge on any atom is -0.314 e. The molecule has 1 saturated carbocycles. The SMILES string of the molecule is NS(=O)(=O)CCCNC1CC(c2ccc(Br)cc2)C1. The Balaban J connectivity index is 1.65. The fourth-order valence-electron chi connectivity index (χ4n) is 2.37. The van der Waals surface area contributed by atoms with Crippen LogP contribution in [0.1, 0.15) is 30.7 Å². The zero-order valence-electron chi connectivity index (χ0n) is 10.7. The van der Waals surface area contributed by atoms with Gasteiger partial charge < -0.3 is 5.32 Å². The lowest BCUT2D eigenvalue weighted by Crippen LogP contribution is -2.41. The minimum absolute atomic E-state index is 0.0584. The predicted octanol–water partition coefficient (Wildman–Crippen LogP) is 1.96. The molecule has 2 rings (SSSR count). The number of rotatable bonds is 6. The summed E-state index contributed by atoms with van der Waals surface area (Å²) in [5, 5.41) is 8.32. The number of sulfonamides is 1. The van der Waals surface area contributed by atoms with Crippen molar-refractivity contribution in [2.45, 2.75) is 31.2 Å². The number of hydrogen-bond donors (Lipinski definition) is 2. The summed E-state index contributed by atoms with van der Waals surface area (Å²) in [4.78, 5) is 0. The Labute approximate surface area is 122 Å². The highest BCUT2D eigenvalue weighted by atomic mass is 79.9. The first-order chi connectivity index (χ1) is 8.94. The van der Waals surface area contributed by atoms with E-state index in [1.54, 1.807) is 0 Å². The highest BCUT2D eigenvalue weighted by molar-refractivity contribution is 9.10. The van der Waals surface area contributed by atoms with E-state index in [2.05, 4.69) is 45.5 Å². The molecular weight excluding hydrogens is 328 g/mol. The lowest BCUT2D eigenvalue weighted by atomic mass is 9.76. The monoisotopic (exact) mass is 346 g/mol. The average Bonchev–Trinajstić information content (AvgIpc) is 2.27. The van der Waals surface area contributed by atoms with Gasteiger partial charge in [0.05, 0.1) is 5.75 Å². The number of nitrogens with one attached hydrogen (secondary N) is 1. The van der Waals surface area contributed by atoms with Crippen molar-refractivity contribution in [3.8, 4) is 0 Å². The first-order valence-electron chi connectivity index (χ1n) is 6.43. The summed E-state index contributed by atoms with van der Waals surface area (Å²) in [7, 11) is -3.31. The molecule has 0 aromatic heterocycles. The number of hydrogen-bond acceptors (Lipinski definition) is 3. The molecule has 0 bridgehead atoms. The molecule has 1 aromatic carbocycles. The molecule has 0 radical (unpaired) electrons. The van der Waals surface area contributed by atoms with Crippen molar-refractivity contribution in [3.05, 3.63) is 34.3 Å². The molecule has 0 aliphatic heterocycles. The molecule has 1 fully saturated rings. The van der Waals surface area contributed by atoms with E-state index in [1.165, 1.54) is 5.56 Å². The van der Waals surface area contributed by atoms with Gasteiger partial charge in [0, 0.05) is 10.5 Å². The zero-order valence-corrected chi connectivity index (χ0v) is 13.1. The summed E-state index contributed by atoms with van der Waals surface area (Å²) in [5.41, 5.74) is 1.38. The van der Waals surface area contributed by atoms with Crippen LogP contribution in [0.3, 0.4) is 0 Å². The summed E-state index contributed by atoms with van der Waals surface area (Å²) in [5.74, 6) is 0.687. The van der Waals surface area contributed by atoms with E-state index in [1.807, 2.05) is 0 Å². The molecule has 106 valence electrons. The summed E-state index contributed by atoms with van der Waals surface area (Å²) in [6, 6.07) is 8.97. The van der Waals surface area contributed by atoms with Crippen LogP contribution in [-0.2, 0) is 10.0 Å². The summed E-state index contributed by atoms with van der Waals surface area (Å²) in [6.07, 6.45) is 2.83. The molecule has 4 nitrogen and oxygen atoms in total. The van der Waals surface area contributed by atoms with Gasteiger partial charge in [0.25, 0.3) is 0 Å². The van der Waals surface area contributed by atoms with Crippen LogP contribution in [0.2, 0.25) is 0 Å². The highest BCUT2D eigenvalue weighted by Gasteiger charge is 2.29. The van der Waals surface area contributed by atoms with Gasteiger partial charge in [-0.1, -0.05) is 28.1 Å². The van der Waals surface area contributed by atoms with Gasteiger partial charge in [-0.05, 0) is 49.4 Å². The van der Waals surface area contributed by atoms with Crippen molar-refractivity contribution in [3.63, 3.8) is 0 Å². The van der Waals surface area contributed by atoms with Crippen LogP contribution in [0.4, 0.5) is 0 Å². The number of primary sulfonamides is 1. The quantitative estimate of drug-likeness (QED) is 0.773. The predicted molar refractivity (Wildman–Crippen MR) is 80.5 cm³/mol. The average molecular weight is 347 g/mol. The van der Waals surface area contributed by atoms with Crippen molar-refractivity contribution in [2.75, 3.05) is 12.3 Å². The molecule has 0 saturated heterocycles. The Hall–Kier alpha value is -0.430. The molecule has 0 spiro atoms. The summed E-state index contributed by atoms with van der Waals surface area (Å²) in [6.45, 7) is 0.716. The Morgan fingerprint density at radius 2 is 1.89 bits per heavy atom. The van der Waals surface area contributed by atoms with Crippen LogP contribution >= 0.6 is 15.9 Å². The van der Waals surface area contributed by atoms with E-state index < -0.39 is 10.0 Å². The van der Waals surface area contributed by atoms with Gasteiger partial charge in [0.1, 0.15) is 0 Å². The van der Waals surface area contributed by atoms with Crippen molar-refractivity contribution >= 4 is 26.0 Å². The first kappa shape index (κ1) is 15.0. The van der Waals surface area contributed by atoms with Gasteiger partial charge in [-0.3, -0.25) is 0 Å². The Bertz CT molecular complexity index is 510. The molecule has 1 aromatic rings. The second kappa shape index (κ2) is 6.35. The number of nitrogens with two attached hydrogens (primary N) is 1. The summed E-state index contributed by atoms with van der Waals surface area (Å²) >= 11 is 3.43. The lowest BCUT2D eigenvalue weighted by molar-refractivity contribution is 0.292. The van der Waals surface area contributed by atoms with Gasteiger partial charge in [-0.15, -0.1) is 0 Å². The van der Waals surface area contributed by atoms with Crippen molar-refractivity contribution in [1.82, 2.24) is 5.32 Å². The lowest BCUT2D eigenvalue weighted by Gasteiger charge is -2.36. The number of benzene rings is 1. The van der Waals surface area contributed by atoms with Crippen LogP contribution in [-0.4, -0.2) is 26.8 Å². The molecule has 6 heteroatoms. The maximum absolute atomic E-state index is 10.8. The Kier molecular flexibility index (Phi) is 5.00. The van der Waals surface area contributed by atoms with Crippen molar-refractivity contribution in [2.24, 2.45) is 5.14 Å². The third-order valence-corrected chi connectivity index (χ3v) is 4.90. The highest BCUT2D eigenvalue weighted by Crippen LogP contribution is 2.37. The second-order valence-corrected chi connectivity index (χ2v) is 7.74. The third-order valence-electron chi connectivity index (χ3n) is 3.52. The van der Waals surface area contributed by atoms with Gasteiger partial charge in [-0.25, -0.2) is 13.6 Å². The van der Waals surface area contributed by atoms with E-state index in [-0.39, 0.29) is 5.75 Å². The maximum atomic E-state index is 10.8. The largest absolute Gasteiger partial charge is 0.314 e. The molecule has 1 aliphatic carbocycles. The van der Waals surface area contributed by atoms with E-state index in [9.17, 15) is 8.42 Å². The third kappa shape index (κ3) is 4.87. The van der Waals surface area contributed by atoms with E-state index in [4.69, 9.17) is 5.14 Å². The molecule has 0 amide bonds. The molecule has 19 heavy (non-hydrogen) atoms. The van der Waals surface area contributed by atoms with Gasteiger partial charge in [-0.2, -0.15) is 0 Å². The Morgan fingerprint density at radius 1 is 1.26 bits per heavy atom. The van der Waals surface area contributed by atoms with Crippen LogP contribution in [0, 0.1) is 0 Å². The van der Waals surface area contributed by atoms with Crippen LogP contribution in [0.25, 0.3) is 0 Å². The van der Waals surface area contributed by atoms with Crippen LogP contribution in [0.15, 0.2) is 28.7 Å². The second-order valence-electron chi connectivity index (χ2n) is 5.09. The van der Waals surface area contributed by atoms with E-state index in [0.29, 0.717) is 24.9 Å². The summed E-state index contributed by atoms with van der Waals surface area (Å²) < 4.78 is 22.6. The zero-order chi connectivity index (χ0) is 13.9. The first-order valence-corrected chi connectivity index (χ1v) is 8.94. The molecule has 0 unspecified atom stereocenters. The smallest absolute Gasteiger partial charge is 0.209 e. The number of halogens is 1. The van der Waals surface area contributed by atoms with Crippen LogP contribution in [0.5, 0.6) is 0 Å². The van der Waals surface area contributed by atoms with E-state index in [0.717, 1.165) is 17.3 Å². The van der Waals surface area contributed by atoms with Crippen LogP contribution < -0.4 is 10.5 Å². The normalized spacial score (nSPS) is 23.1. The van der Waals surface area contributed by atoms with Crippen molar-refractivity contribution < 1.29 is 8.42 Å². The molecule has 0 atom stereocenters. The van der Waals surface area contributed by atoms with Gasteiger partial charge in [0.15, 0.2) is 0 Å².